The van der Waals surface area contributed by atoms with Crippen molar-refractivity contribution in [2.75, 3.05) is 0 Å². The highest BCUT2D eigenvalue weighted by Crippen LogP contribution is 2.22. The molecule has 0 aliphatic carbocycles. The number of aliphatic carboxylic acids is 1. The third kappa shape index (κ3) is 2.73. The van der Waals surface area contributed by atoms with Crippen LogP contribution in [0.3, 0.4) is 0 Å². The molecule has 1 aromatic rings. The van der Waals surface area contributed by atoms with Gasteiger partial charge in [0, 0.05) is 12.0 Å². The minimum Gasteiger partial charge on any atom is -0.480 e. The van der Waals surface area contributed by atoms with Crippen molar-refractivity contribution in [3.63, 3.8) is 0 Å². The van der Waals surface area contributed by atoms with Gasteiger partial charge in [-0.15, -0.1) is 0 Å². The molecule has 1 rings (SSSR count). The fraction of sp³-hybridized carbons (Fsp3) is 0.222. The zero-order valence-electron chi connectivity index (χ0n) is 7.51. The Hall–Kier alpha value is -1.01. The first-order chi connectivity index (χ1) is 6.93. The van der Waals surface area contributed by atoms with E-state index >= 15 is 0 Å². The van der Waals surface area contributed by atoms with Gasteiger partial charge in [-0.1, -0.05) is 0 Å². The van der Waals surface area contributed by atoms with Gasteiger partial charge in [-0.2, -0.15) is 0 Å². The van der Waals surface area contributed by atoms with Gasteiger partial charge in [0.2, 0.25) is 0 Å². The zero-order valence-corrected chi connectivity index (χ0v) is 9.09. The van der Waals surface area contributed by atoms with Gasteiger partial charge < -0.3 is 10.8 Å². The summed E-state index contributed by atoms with van der Waals surface area (Å²) < 4.78 is 26.6. The topological polar surface area (TPSA) is 63.3 Å². The van der Waals surface area contributed by atoms with Gasteiger partial charge in [0.05, 0.1) is 4.47 Å². The molecule has 1 aromatic carbocycles. The Morgan fingerprint density at radius 3 is 2.67 bits per heavy atom. The van der Waals surface area contributed by atoms with Crippen LogP contribution in [0.15, 0.2) is 16.6 Å². The zero-order chi connectivity index (χ0) is 11.6. The van der Waals surface area contributed by atoms with Crippen molar-refractivity contribution in [1.29, 1.82) is 0 Å². The Kier molecular flexibility index (Phi) is 3.76. The highest BCUT2D eigenvalue weighted by Gasteiger charge is 2.19. The first kappa shape index (κ1) is 12.1. The van der Waals surface area contributed by atoms with Gasteiger partial charge >= 0.3 is 5.97 Å². The van der Waals surface area contributed by atoms with Crippen molar-refractivity contribution >= 4 is 21.9 Å². The highest BCUT2D eigenvalue weighted by atomic mass is 79.9. The maximum Gasteiger partial charge on any atom is 0.320 e. The number of benzene rings is 1. The molecule has 0 fully saturated rings. The van der Waals surface area contributed by atoms with Crippen molar-refractivity contribution in [2.45, 2.75) is 12.5 Å². The molecule has 6 heteroatoms. The molecular formula is C9H8BrF2NO2. The van der Waals surface area contributed by atoms with Crippen molar-refractivity contribution in [3.8, 4) is 0 Å². The molecule has 3 N–H and O–H groups in total. The van der Waals surface area contributed by atoms with E-state index in [9.17, 15) is 13.6 Å². The Labute approximate surface area is 93.0 Å². The predicted molar refractivity (Wildman–Crippen MR) is 53.4 cm³/mol. The van der Waals surface area contributed by atoms with Crippen LogP contribution in [0, 0.1) is 11.6 Å². The van der Waals surface area contributed by atoms with E-state index in [1.54, 1.807) is 0 Å². The summed E-state index contributed by atoms with van der Waals surface area (Å²) in [4.78, 5) is 10.4. The summed E-state index contributed by atoms with van der Waals surface area (Å²) in [5.74, 6) is -2.91. The second-order valence-electron chi connectivity index (χ2n) is 2.97. The van der Waals surface area contributed by atoms with Crippen LogP contribution in [0.1, 0.15) is 5.56 Å². The third-order valence-corrected chi connectivity index (χ3v) is 2.49. The minimum atomic E-state index is -1.32. The molecule has 0 amide bonds. The molecule has 0 spiro atoms. The normalized spacial score (nSPS) is 12.5. The van der Waals surface area contributed by atoms with Gasteiger partial charge in [0.1, 0.15) is 17.7 Å². The van der Waals surface area contributed by atoms with Crippen LogP contribution in [0.25, 0.3) is 0 Å². The number of hydrogen-bond acceptors (Lipinski definition) is 2. The summed E-state index contributed by atoms with van der Waals surface area (Å²) >= 11 is 2.88. The molecule has 3 nitrogen and oxygen atoms in total. The predicted octanol–water partition coefficient (Wildman–Crippen LogP) is 1.68. The monoisotopic (exact) mass is 279 g/mol. The number of nitrogens with two attached hydrogens (primary N) is 1. The lowest BCUT2D eigenvalue weighted by molar-refractivity contribution is -0.138. The molecule has 0 saturated carbocycles. The van der Waals surface area contributed by atoms with Gasteiger partial charge in [0.25, 0.3) is 0 Å². The summed E-state index contributed by atoms with van der Waals surface area (Å²) in [6.45, 7) is 0. The second-order valence-corrected chi connectivity index (χ2v) is 3.82. The van der Waals surface area contributed by atoms with Crippen LogP contribution in [-0.4, -0.2) is 17.1 Å². The molecule has 0 heterocycles. The maximum atomic E-state index is 13.4. The first-order valence-electron chi connectivity index (χ1n) is 4.04. The smallest absolute Gasteiger partial charge is 0.320 e. The summed E-state index contributed by atoms with van der Waals surface area (Å²) in [5, 5.41) is 8.51. The summed E-state index contributed by atoms with van der Waals surface area (Å²) in [5.41, 5.74) is 4.87. The number of rotatable bonds is 3. The van der Waals surface area contributed by atoms with Gasteiger partial charge in [-0.25, -0.2) is 8.78 Å². The molecule has 0 unspecified atom stereocenters. The van der Waals surface area contributed by atoms with E-state index < -0.39 is 23.6 Å². The van der Waals surface area contributed by atoms with E-state index in [1.807, 2.05) is 0 Å². The summed E-state index contributed by atoms with van der Waals surface area (Å²) in [7, 11) is 0. The van der Waals surface area contributed by atoms with E-state index in [0.717, 1.165) is 6.07 Å². The Bertz CT molecular complexity index is 398. The quantitative estimate of drug-likeness (QED) is 0.828. The number of hydrogen-bond donors (Lipinski definition) is 2. The second kappa shape index (κ2) is 4.67. The Balaban J connectivity index is 3.03. The molecule has 82 valence electrons. The van der Waals surface area contributed by atoms with Gasteiger partial charge in [-0.05, 0) is 28.1 Å². The van der Waals surface area contributed by atoms with E-state index in [4.69, 9.17) is 10.8 Å². The van der Waals surface area contributed by atoms with Gasteiger partial charge in [0.15, 0.2) is 0 Å². The van der Waals surface area contributed by atoms with Gasteiger partial charge in [-0.3, -0.25) is 4.79 Å². The maximum absolute atomic E-state index is 13.4. The molecule has 0 aromatic heterocycles. The molecular weight excluding hydrogens is 272 g/mol. The standard InChI is InChI=1S/C9H8BrF2NO2/c10-5-1-2-6(11)4(8(5)12)3-7(13)9(14)15/h1-2,7H,3,13H2,(H,14,15)/t7-/m0/s1. The summed E-state index contributed by atoms with van der Waals surface area (Å²) in [6.07, 6.45) is -0.383. The number of halogens is 3. The van der Waals surface area contributed by atoms with Crippen molar-refractivity contribution < 1.29 is 18.7 Å². The fourth-order valence-electron chi connectivity index (χ4n) is 1.06. The lowest BCUT2D eigenvalue weighted by Crippen LogP contribution is -2.33. The average molecular weight is 280 g/mol. The summed E-state index contributed by atoms with van der Waals surface area (Å²) in [6, 6.07) is 0.945. The molecule has 15 heavy (non-hydrogen) atoms. The Morgan fingerprint density at radius 2 is 2.13 bits per heavy atom. The lowest BCUT2D eigenvalue weighted by Gasteiger charge is -2.09. The first-order valence-corrected chi connectivity index (χ1v) is 4.83. The van der Waals surface area contributed by atoms with Crippen molar-refractivity contribution in [3.05, 3.63) is 33.8 Å². The van der Waals surface area contributed by atoms with Crippen molar-refractivity contribution in [1.82, 2.24) is 0 Å². The fourth-order valence-corrected chi connectivity index (χ4v) is 1.43. The van der Waals surface area contributed by atoms with Crippen LogP contribution in [0.5, 0.6) is 0 Å². The van der Waals surface area contributed by atoms with Crippen LogP contribution in [0.4, 0.5) is 8.78 Å². The lowest BCUT2D eigenvalue weighted by atomic mass is 10.1. The minimum absolute atomic E-state index is 0.0801. The number of carboxylic acid groups (broad SMARTS) is 1. The SMILES string of the molecule is N[C@@H](Cc1c(F)ccc(Br)c1F)C(=O)O. The van der Waals surface area contributed by atoms with Crippen LogP contribution < -0.4 is 5.73 Å². The van der Waals surface area contributed by atoms with E-state index in [2.05, 4.69) is 15.9 Å². The highest BCUT2D eigenvalue weighted by molar-refractivity contribution is 9.10. The third-order valence-electron chi connectivity index (χ3n) is 1.88. The average Bonchev–Trinajstić information content (AvgIpc) is 2.18. The number of carboxylic acids is 1. The molecule has 0 bridgehead atoms. The van der Waals surface area contributed by atoms with Crippen LogP contribution >= 0.6 is 15.9 Å². The van der Waals surface area contributed by atoms with Crippen molar-refractivity contribution in [2.24, 2.45) is 5.73 Å². The van der Waals surface area contributed by atoms with E-state index in [0.29, 0.717) is 0 Å². The molecule has 0 aliphatic heterocycles. The largest absolute Gasteiger partial charge is 0.480 e. The van der Waals surface area contributed by atoms with Crippen LogP contribution in [0.2, 0.25) is 0 Å². The van der Waals surface area contributed by atoms with E-state index in [1.165, 1.54) is 6.07 Å². The molecule has 0 aliphatic rings. The number of carbonyl (C=O) groups is 1. The van der Waals surface area contributed by atoms with E-state index in [-0.39, 0.29) is 16.5 Å². The van der Waals surface area contributed by atoms with Crippen LogP contribution in [-0.2, 0) is 11.2 Å². The molecule has 1 atom stereocenters. The molecule has 0 saturated heterocycles. The molecule has 0 radical (unpaired) electrons. The Morgan fingerprint density at radius 1 is 1.53 bits per heavy atom.